The van der Waals surface area contributed by atoms with Crippen molar-refractivity contribution in [2.24, 2.45) is 17.1 Å². The highest BCUT2D eigenvalue weighted by molar-refractivity contribution is 5.88. The summed E-state index contributed by atoms with van der Waals surface area (Å²) in [6.07, 6.45) is 2.59. The van der Waals surface area contributed by atoms with Gasteiger partial charge in [-0.3, -0.25) is 4.79 Å². The topological polar surface area (TPSA) is 64.3 Å². The van der Waals surface area contributed by atoms with Crippen LogP contribution in [0.2, 0.25) is 0 Å². The van der Waals surface area contributed by atoms with Crippen LogP contribution in [0.25, 0.3) is 0 Å². The Kier molecular flexibility index (Phi) is 4.17. The van der Waals surface area contributed by atoms with Crippen LogP contribution < -0.4 is 15.8 Å². The molecule has 0 radical (unpaired) electrons. The number of carbonyl (C=O) groups is 1. The van der Waals surface area contributed by atoms with Crippen LogP contribution in [0.4, 0.5) is 5.69 Å². The van der Waals surface area contributed by atoms with Crippen molar-refractivity contribution in [1.29, 1.82) is 0 Å². The zero-order valence-corrected chi connectivity index (χ0v) is 13.4. The zero-order valence-electron chi connectivity index (χ0n) is 13.4. The van der Waals surface area contributed by atoms with Crippen molar-refractivity contribution in [3.05, 3.63) is 24.3 Å². The number of primary amides is 1. The van der Waals surface area contributed by atoms with Gasteiger partial charge in [0.2, 0.25) is 5.91 Å². The van der Waals surface area contributed by atoms with E-state index < -0.39 is 5.54 Å². The maximum Gasteiger partial charge on any atom is 0.243 e. The molecule has 116 valence electrons. The monoisotopic (exact) mass is 290 g/mol. The van der Waals surface area contributed by atoms with Gasteiger partial charge in [-0.1, -0.05) is 32.9 Å². The number of anilines is 1. The summed E-state index contributed by atoms with van der Waals surface area (Å²) in [5.41, 5.74) is 5.98. The van der Waals surface area contributed by atoms with E-state index in [9.17, 15) is 4.79 Å². The third kappa shape index (κ3) is 3.31. The Labute approximate surface area is 127 Å². The first kappa shape index (κ1) is 15.7. The Bertz CT molecular complexity index is 527. The summed E-state index contributed by atoms with van der Waals surface area (Å²) >= 11 is 0. The van der Waals surface area contributed by atoms with Gasteiger partial charge in [-0.15, -0.1) is 0 Å². The highest BCUT2D eigenvalue weighted by Gasteiger charge is 2.47. The lowest BCUT2D eigenvalue weighted by Crippen LogP contribution is -2.56. The van der Waals surface area contributed by atoms with Gasteiger partial charge in [-0.05, 0) is 42.7 Å². The molecule has 1 saturated carbocycles. The summed E-state index contributed by atoms with van der Waals surface area (Å²) in [6, 6.07) is 7.65. The molecule has 2 unspecified atom stereocenters. The molecule has 2 rings (SSSR count). The fourth-order valence-corrected chi connectivity index (χ4v) is 3.92. The maximum absolute atomic E-state index is 12.2. The largest absolute Gasteiger partial charge is 0.495 e. The van der Waals surface area contributed by atoms with E-state index in [0.717, 1.165) is 30.7 Å². The first-order valence-corrected chi connectivity index (χ1v) is 7.49. The minimum atomic E-state index is -0.713. The minimum Gasteiger partial charge on any atom is -0.495 e. The van der Waals surface area contributed by atoms with Crippen LogP contribution in [0.15, 0.2) is 24.3 Å². The van der Waals surface area contributed by atoms with E-state index in [0.29, 0.717) is 5.92 Å². The third-order valence-electron chi connectivity index (χ3n) is 4.33. The van der Waals surface area contributed by atoms with Crippen LogP contribution in [-0.4, -0.2) is 18.6 Å². The van der Waals surface area contributed by atoms with Gasteiger partial charge in [0.25, 0.3) is 0 Å². The van der Waals surface area contributed by atoms with Crippen LogP contribution >= 0.6 is 0 Å². The molecule has 2 atom stereocenters. The number of amides is 1. The first-order chi connectivity index (χ1) is 9.78. The maximum atomic E-state index is 12.2. The number of ether oxygens (including phenoxy) is 1. The Morgan fingerprint density at radius 3 is 2.57 bits per heavy atom. The van der Waals surface area contributed by atoms with Crippen LogP contribution in [0, 0.1) is 11.3 Å². The standard InChI is InChI=1S/C17H26N2O2/c1-12-9-16(2,3)11-17(10-12,15(18)20)19-13-7-5-6-8-14(13)21-4/h5-8,12,19H,9-11H2,1-4H3,(H2,18,20). The normalized spacial score (nSPS) is 27.9. The molecule has 0 bridgehead atoms. The number of benzene rings is 1. The van der Waals surface area contributed by atoms with Crippen LogP contribution in [0.5, 0.6) is 5.75 Å². The number of rotatable bonds is 4. The van der Waals surface area contributed by atoms with E-state index in [2.05, 4.69) is 26.1 Å². The fourth-order valence-electron chi connectivity index (χ4n) is 3.92. The molecule has 4 heteroatoms. The molecule has 0 heterocycles. The van der Waals surface area contributed by atoms with Gasteiger partial charge in [-0.25, -0.2) is 0 Å². The van der Waals surface area contributed by atoms with Crippen molar-refractivity contribution in [3.63, 3.8) is 0 Å². The van der Waals surface area contributed by atoms with Gasteiger partial charge in [0.15, 0.2) is 0 Å². The number of methoxy groups -OCH3 is 1. The Hall–Kier alpha value is -1.71. The number of para-hydroxylation sites is 2. The van der Waals surface area contributed by atoms with Gasteiger partial charge < -0.3 is 15.8 Å². The van der Waals surface area contributed by atoms with Crippen LogP contribution in [-0.2, 0) is 4.79 Å². The molecular formula is C17H26N2O2. The Morgan fingerprint density at radius 1 is 1.33 bits per heavy atom. The third-order valence-corrected chi connectivity index (χ3v) is 4.33. The summed E-state index contributed by atoms with van der Waals surface area (Å²) < 4.78 is 5.38. The first-order valence-electron chi connectivity index (χ1n) is 7.49. The lowest BCUT2D eigenvalue weighted by Gasteiger charge is -2.46. The summed E-state index contributed by atoms with van der Waals surface area (Å²) in [4.78, 5) is 12.2. The fraction of sp³-hybridized carbons (Fsp3) is 0.588. The minimum absolute atomic E-state index is 0.0850. The molecule has 4 nitrogen and oxygen atoms in total. The van der Waals surface area contributed by atoms with Gasteiger partial charge in [-0.2, -0.15) is 0 Å². The van der Waals surface area contributed by atoms with Crippen molar-refractivity contribution in [2.45, 2.75) is 45.6 Å². The molecule has 1 fully saturated rings. The molecule has 0 aromatic heterocycles. The smallest absolute Gasteiger partial charge is 0.243 e. The van der Waals surface area contributed by atoms with Crippen LogP contribution in [0.1, 0.15) is 40.0 Å². The number of hydrogen-bond donors (Lipinski definition) is 2. The highest BCUT2D eigenvalue weighted by atomic mass is 16.5. The van der Waals surface area contributed by atoms with E-state index in [1.165, 1.54) is 0 Å². The van der Waals surface area contributed by atoms with E-state index in [-0.39, 0.29) is 11.3 Å². The van der Waals surface area contributed by atoms with E-state index in [1.54, 1.807) is 7.11 Å². The molecule has 1 aromatic rings. The number of nitrogens with one attached hydrogen (secondary N) is 1. The van der Waals surface area contributed by atoms with Crippen molar-refractivity contribution in [1.82, 2.24) is 0 Å². The predicted octanol–water partition coefficient (Wildman–Crippen LogP) is 3.18. The SMILES string of the molecule is COc1ccccc1NC1(C(N)=O)CC(C)CC(C)(C)C1. The molecule has 1 amide bonds. The second-order valence-electron chi connectivity index (χ2n) is 7.13. The molecule has 0 spiro atoms. The average molecular weight is 290 g/mol. The van der Waals surface area contributed by atoms with Crippen molar-refractivity contribution < 1.29 is 9.53 Å². The molecule has 1 aliphatic carbocycles. The predicted molar refractivity (Wildman–Crippen MR) is 85.3 cm³/mol. The zero-order chi connectivity index (χ0) is 15.7. The van der Waals surface area contributed by atoms with E-state index >= 15 is 0 Å². The second-order valence-corrected chi connectivity index (χ2v) is 7.13. The number of hydrogen-bond acceptors (Lipinski definition) is 3. The molecular weight excluding hydrogens is 264 g/mol. The van der Waals surface area contributed by atoms with Gasteiger partial charge in [0.05, 0.1) is 12.8 Å². The van der Waals surface area contributed by atoms with Crippen molar-refractivity contribution in [3.8, 4) is 5.75 Å². The van der Waals surface area contributed by atoms with Crippen LogP contribution in [0.3, 0.4) is 0 Å². The lowest BCUT2D eigenvalue weighted by molar-refractivity contribution is -0.125. The molecule has 0 saturated heterocycles. The van der Waals surface area contributed by atoms with Crippen molar-refractivity contribution >= 4 is 11.6 Å². The summed E-state index contributed by atoms with van der Waals surface area (Å²) in [5, 5.41) is 3.40. The summed E-state index contributed by atoms with van der Waals surface area (Å²) in [7, 11) is 1.63. The van der Waals surface area contributed by atoms with E-state index in [1.807, 2.05) is 24.3 Å². The summed E-state index contributed by atoms with van der Waals surface area (Å²) in [6.45, 7) is 6.58. The number of carbonyl (C=O) groups excluding carboxylic acids is 1. The molecule has 1 aromatic carbocycles. The van der Waals surface area contributed by atoms with Gasteiger partial charge in [0, 0.05) is 0 Å². The summed E-state index contributed by atoms with van der Waals surface area (Å²) in [5.74, 6) is 0.894. The molecule has 1 aliphatic rings. The molecule has 21 heavy (non-hydrogen) atoms. The second kappa shape index (κ2) is 5.58. The van der Waals surface area contributed by atoms with E-state index in [4.69, 9.17) is 10.5 Å². The van der Waals surface area contributed by atoms with Gasteiger partial charge in [0.1, 0.15) is 11.3 Å². The average Bonchev–Trinajstić information content (AvgIpc) is 2.36. The van der Waals surface area contributed by atoms with Crippen molar-refractivity contribution in [2.75, 3.05) is 12.4 Å². The molecule has 0 aliphatic heterocycles. The molecule has 3 N–H and O–H groups in total. The Balaban J connectivity index is 2.37. The van der Waals surface area contributed by atoms with Gasteiger partial charge >= 0.3 is 0 Å². The Morgan fingerprint density at radius 2 is 2.00 bits per heavy atom. The highest BCUT2D eigenvalue weighted by Crippen LogP contribution is 2.46. The number of nitrogens with two attached hydrogens (primary N) is 1. The lowest BCUT2D eigenvalue weighted by atomic mass is 9.64. The quantitative estimate of drug-likeness (QED) is 0.895.